The molecule has 7 nitrogen and oxygen atoms in total. The van der Waals surface area contributed by atoms with Crippen molar-refractivity contribution < 1.29 is 17.5 Å². The van der Waals surface area contributed by atoms with Crippen molar-refractivity contribution in [2.45, 2.75) is 30.5 Å². The number of nitrogens with zero attached hydrogens (tertiary/aromatic N) is 2. The number of sulfonamides is 1. The van der Waals surface area contributed by atoms with E-state index in [-0.39, 0.29) is 16.7 Å². The number of benzene rings is 2. The van der Waals surface area contributed by atoms with Crippen molar-refractivity contribution in [1.82, 2.24) is 9.97 Å². The molecule has 1 aliphatic rings. The fourth-order valence-corrected chi connectivity index (χ4v) is 4.93. The summed E-state index contributed by atoms with van der Waals surface area (Å²) in [6.45, 7) is 3.53. The van der Waals surface area contributed by atoms with Gasteiger partial charge in [-0.15, -0.1) is 0 Å². The Morgan fingerprint density at radius 1 is 1.09 bits per heavy atom. The lowest BCUT2D eigenvalue weighted by Crippen LogP contribution is -2.45. The first kappa shape index (κ1) is 24.4. The molecule has 9 heteroatoms. The van der Waals surface area contributed by atoms with Crippen molar-refractivity contribution in [3.63, 3.8) is 0 Å². The molecule has 1 heterocycles. The summed E-state index contributed by atoms with van der Waals surface area (Å²) in [4.78, 5) is 8.43. The van der Waals surface area contributed by atoms with Crippen LogP contribution in [0.2, 0.25) is 0 Å². The zero-order chi connectivity index (χ0) is 25.1. The van der Waals surface area contributed by atoms with Gasteiger partial charge in [-0.2, -0.15) is 4.98 Å². The van der Waals surface area contributed by atoms with E-state index in [0.717, 1.165) is 11.1 Å². The molecule has 35 heavy (non-hydrogen) atoms. The van der Waals surface area contributed by atoms with Gasteiger partial charge in [-0.05, 0) is 54.5 Å². The minimum atomic E-state index is -3.87. The monoisotopic (exact) mass is 494 g/mol. The molecule has 3 aromatic rings. The van der Waals surface area contributed by atoms with Gasteiger partial charge in [0.1, 0.15) is 11.6 Å². The first-order valence-corrected chi connectivity index (χ1v) is 12.6. The maximum atomic E-state index is 16.0. The fourth-order valence-electron chi connectivity index (χ4n) is 3.92. The highest BCUT2D eigenvalue weighted by atomic mass is 32.2. The summed E-state index contributed by atoms with van der Waals surface area (Å²) < 4.78 is 48.9. The maximum Gasteiger partial charge on any atom is 0.263 e. The summed E-state index contributed by atoms with van der Waals surface area (Å²) in [5.41, 5.74) is 0.295. The van der Waals surface area contributed by atoms with Crippen LogP contribution >= 0.6 is 0 Å². The van der Waals surface area contributed by atoms with Crippen LogP contribution in [0, 0.1) is 5.92 Å². The van der Waals surface area contributed by atoms with Gasteiger partial charge in [-0.25, -0.2) is 17.8 Å². The zero-order valence-corrected chi connectivity index (χ0v) is 20.5. The van der Waals surface area contributed by atoms with Gasteiger partial charge in [0.2, 0.25) is 5.95 Å². The van der Waals surface area contributed by atoms with E-state index in [2.05, 4.69) is 20.0 Å². The van der Waals surface area contributed by atoms with Crippen LogP contribution in [0.4, 0.5) is 16.2 Å². The standard InChI is InChI=1S/C26H27FN4O3S/c1-18-17-21(20-7-5-4-6-8-20)13-15-26(18,27)19(2)29-25-28-16-14-24(30-25)31-35(32,33)23-11-9-22(34-3)10-12-23/h4-19H,1-3H3,(H2,28,29,30,31). The normalized spacial score (nSPS) is 20.6. The second-order valence-corrected chi connectivity index (χ2v) is 10.0. The number of hydrogen-bond donors (Lipinski definition) is 2. The number of allylic oxidation sites excluding steroid dienone is 3. The van der Waals surface area contributed by atoms with Gasteiger partial charge in [-0.1, -0.05) is 49.4 Å². The Morgan fingerprint density at radius 2 is 1.80 bits per heavy atom. The van der Waals surface area contributed by atoms with Crippen LogP contribution in [0.25, 0.3) is 5.57 Å². The maximum absolute atomic E-state index is 16.0. The third-order valence-electron chi connectivity index (χ3n) is 6.03. The molecule has 2 aromatic carbocycles. The first-order chi connectivity index (χ1) is 16.7. The van der Waals surface area contributed by atoms with E-state index in [4.69, 9.17) is 4.74 Å². The average Bonchev–Trinajstić information content (AvgIpc) is 2.86. The van der Waals surface area contributed by atoms with Gasteiger partial charge < -0.3 is 10.1 Å². The second kappa shape index (κ2) is 9.87. The van der Waals surface area contributed by atoms with Crippen LogP contribution in [0.15, 0.2) is 90.0 Å². The number of anilines is 2. The van der Waals surface area contributed by atoms with Gasteiger partial charge in [0, 0.05) is 12.1 Å². The number of ether oxygens (including phenoxy) is 1. The molecule has 0 spiro atoms. The van der Waals surface area contributed by atoms with E-state index >= 15 is 4.39 Å². The van der Waals surface area contributed by atoms with Crippen molar-refractivity contribution >= 4 is 27.4 Å². The van der Waals surface area contributed by atoms with Crippen LogP contribution in [-0.4, -0.2) is 37.2 Å². The van der Waals surface area contributed by atoms with Crippen molar-refractivity contribution in [2.24, 2.45) is 5.92 Å². The quantitative estimate of drug-likeness (QED) is 0.453. The number of rotatable bonds is 8. The smallest absolute Gasteiger partial charge is 0.263 e. The van der Waals surface area contributed by atoms with Gasteiger partial charge in [0.15, 0.2) is 5.67 Å². The predicted octanol–water partition coefficient (Wildman–Crippen LogP) is 5.08. The Hall–Kier alpha value is -3.72. The van der Waals surface area contributed by atoms with E-state index in [1.165, 1.54) is 31.5 Å². The molecular weight excluding hydrogens is 467 g/mol. The van der Waals surface area contributed by atoms with Gasteiger partial charge in [-0.3, -0.25) is 4.72 Å². The fraction of sp³-hybridized carbons (Fsp3) is 0.231. The first-order valence-electron chi connectivity index (χ1n) is 11.1. The molecule has 0 amide bonds. The van der Waals surface area contributed by atoms with Crippen molar-refractivity contribution in [3.05, 3.63) is 90.7 Å². The average molecular weight is 495 g/mol. The lowest BCUT2D eigenvalue weighted by molar-refractivity contribution is 0.153. The molecule has 0 fully saturated rings. The van der Waals surface area contributed by atoms with Crippen molar-refractivity contribution in [2.75, 3.05) is 17.1 Å². The van der Waals surface area contributed by atoms with Gasteiger partial charge in [0.25, 0.3) is 10.0 Å². The second-order valence-electron chi connectivity index (χ2n) is 8.35. The number of aromatic nitrogens is 2. The molecule has 0 aliphatic heterocycles. The van der Waals surface area contributed by atoms with E-state index < -0.39 is 27.7 Å². The SMILES string of the molecule is COc1ccc(S(=O)(=O)Nc2ccnc(NC(C)C3(F)C=CC(c4ccccc4)=CC3C)n2)cc1. The number of halogens is 1. The molecule has 1 aliphatic carbocycles. The predicted molar refractivity (Wildman–Crippen MR) is 135 cm³/mol. The molecular formula is C26H27FN4O3S. The third kappa shape index (κ3) is 5.35. The Morgan fingerprint density at radius 3 is 2.46 bits per heavy atom. The Labute approximate surface area is 204 Å². The minimum Gasteiger partial charge on any atom is -0.497 e. The summed E-state index contributed by atoms with van der Waals surface area (Å²) in [6, 6.07) is 16.5. The minimum absolute atomic E-state index is 0.0599. The molecule has 0 bridgehead atoms. The Kier molecular flexibility index (Phi) is 6.88. The number of hydrogen-bond acceptors (Lipinski definition) is 6. The van der Waals surface area contributed by atoms with Crippen molar-refractivity contribution in [1.29, 1.82) is 0 Å². The summed E-state index contributed by atoms with van der Waals surface area (Å²) in [5.74, 6) is 0.310. The van der Waals surface area contributed by atoms with Crippen LogP contribution in [0.5, 0.6) is 5.75 Å². The van der Waals surface area contributed by atoms with E-state index in [1.807, 2.05) is 43.3 Å². The van der Waals surface area contributed by atoms with Crippen LogP contribution in [-0.2, 0) is 10.0 Å². The van der Waals surface area contributed by atoms with Gasteiger partial charge >= 0.3 is 0 Å². The van der Waals surface area contributed by atoms with Crippen LogP contribution in [0.1, 0.15) is 19.4 Å². The summed E-state index contributed by atoms with van der Waals surface area (Å²) in [5, 5.41) is 2.99. The highest BCUT2D eigenvalue weighted by molar-refractivity contribution is 7.92. The van der Waals surface area contributed by atoms with Gasteiger partial charge in [0.05, 0.1) is 18.0 Å². The number of alkyl halides is 1. The van der Waals surface area contributed by atoms with Crippen LogP contribution in [0.3, 0.4) is 0 Å². The van der Waals surface area contributed by atoms with E-state index in [9.17, 15) is 8.42 Å². The number of nitrogens with one attached hydrogen (secondary N) is 2. The lowest BCUT2D eigenvalue weighted by Gasteiger charge is -2.36. The van der Waals surface area contributed by atoms with Crippen molar-refractivity contribution in [3.8, 4) is 5.75 Å². The topological polar surface area (TPSA) is 93.2 Å². The van der Waals surface area contributed by atoms with E-state index in [1.54, 1.807) is 31.2 Å². The molecule has 0 saturated heterocycles. The third-order valence-corrected chi connectivity index (χ3v) is 7.40. The summed E-state index contributed by atoms with van der Waals surface area (Å²) in [7, 11) is -2.37. The molecule has 0 saturated carbocycles. The summed E-state index contributed by atoms with van der Waals surface area (Å²) >= 11 is 0. The molecule has 3 unspecified atom stereocenters. The largest absolute Gasteiger partial charge is 0.497 e. The molecule has 0 radical (unpaired) electrons. The summed E-state index contributed by atoms with van der Waals surface area (Å²) in [6.07, 6.45) is 6.67. The molecule has 4 rings (SSSR count). The van der Waals surface area contributed by atoms with E-state index in [0.29, 0.717) is 5.75 Å². The lowest BCUT2D eigenvalue weighted by atomic mass is 9.78. The molecule has 182 valence electrons. The molecule has 1 aromatic heterocycles. The Bertz CT molecular complexity index is 1340. The Balaban J connectivity index is 1.47. The zero-order valence-electron chi connectivity index (χ0n) is 19.6. The number of methoxy groups -OCH3 is 1. The molecule has 3 atom stereocenters. The molecule has 2 N–H and O–H groups in total. The van der Waals surface area contributed by atoms with Crippen LogP contribution < -0.4 is 14.8 Å². The highest BCUT2D eigenvalue weighted by Gasteiger charge is 2.41. The highest BCUT2D eigenvalue weighted by Crippen LogP contribution is 2.37.